The number of carbonyl (C=O) groups excluding carboxylic acids is 1. The summed E-state index contributed by atoms with van der Waals surface area (Å²) < 4.78 is 27.5. The summed E-state index contributed by atoms with van der Waals surface area (Å²) >= 11 is 5.93. The molecular formula is C13H13ClF2N2O3. The van der Waals surface area contributed by atoms with E-state index in [-0.39, 0.29) is 11.4 Å². The first-order chi connectivity index (χ1) is 9.90. The Morgan fingerprint density at radius 1 is 1.29 bits per heavy atom. The molecule has 2 rings (SSSR count). The molecule has 1 aromatic carbocycles. The van der Waals surface area contributed by atoms with Gasteiger partial charge in [0, 0.05) is 17.5 Å². The summed E-state index contributed by atoms with van der Waals surface area (Å²) in [5.74, 6) is -3.56. The first-order valence-corrected chi connectivity index (χ1v) is 6.91. The number of nitrogens with zero attached hydrogens (tertiary/aromatic N) is 1. The van der Waals surface area contributed by atoms with Crippen LogP contribution in [-0.4, -0.2) is 22.2 Å². The van der Waals surface area contributed by atoms with Gasteiger partial charge in [-0.15, -0.1) is 11.6 Å². The summed E-state index contributed by atoms with van der Waals surface area (Å²) in [6, 6.07) is 1.18. The van der Waals surface area contributed by atoms with Crippen molar-refractivity contribution in [1.82, 2.24) is 5.32 Å². The van der Waals surface area contributed by atoms with Crippen LogP contribution in [0.3, 0.4) is 0 Å². The zero-order valence-electron chi connectivity index (χ0n) is 10.9. The average Bonchev–Trinajstić information content (AvgIpc) is 2.41. The van der Waals surface area contributed by atoms with Crippen molar-refractivity contribution in [2.75, 3.05) is 0 Å². The Labute approximate surface area is 124 Å². The molecule has 5 nitrogen and oxygen atoms in total. The summed E-state index contributed by atoms with van der Waals surface area (Å²) in [5.41, 5.74) is -1.84. The summed E-state index contributed by atoms with van der Waals surface area (Å²) in [7, 11) is 0. The van der Waals surface area contributed by atoms with Crippen molar-refractivity contribution >= 4 is 23.2 Å². The van der Waals surface area contributed by atoms with Gasteiger partial charge in [-0.25, -0.2) is 4.39 Å². The molecule has 0 aliphatic heterocycles. The normalized spacial score (nSPS) is 21.9. The van der Waals surface area contributed by atoms with Crippen molar-refractivity contribution in [2.24, 2.45) is 0 Å². The van der Waals surface area contributed by atoms with Gasteiger partial charge in [0.05, 0.1) is 4.92 Å². The molecule has 1 fully saturated rings. The van der Waals surface area contributed by atoms with E-state index in [0.29, 0.717) is 37.8 Å². The Morgan fingerprint density at radius 3 is 2.48 bits per heavy atom. The Hall–Kier alpha value is -1.76. The van der Waals surface area contributed by atoms with Crippen molar-refractivity contribution < 1.29 is 18.5 Å². The van der Waals surface area contributed by atoms with Crippen molar-refractivity contribution in [1.29, 1.82) is 0 Å². The lowest BCUT2D eigenvalue weighted by molar-refractivity contribution is -0.387. The molecule has 0 radical (unpaired) electrons. The van der Waals surface area contributed by atoms with Gasteiger partial charge in [-0.05, 0) is 31.7 Å². The Balaban J connectivity index is 2.19. The second-order valence-electron chi connectivity index (χ2n) is 4.93. The standard InChI is InChI=1S/C13H13ClF2N2O3/c14-7-1-3-8(4-2-7)17-13(19)11-9(15)5-6-10(12(11)16)18(20)21/h5-8H,1-4H2,(H,17,19). The van der Waals surface area contributed by atoms with E-state index in [2.05, 4.69) is 5.32 Å². The van der Waals surface area contributed by atoms with Gasteiger partial charge in [-0.2, -0.15) is 4.39 Å². The monoisotopic (exact) mass is 318 g/mol. The third-order valence-electron chi connectivity index (χ3n) is 3.49. The predicted molar refractivity (Wildman–Crippen MR) is 72.4 cm³/mol. The molecule has 21 heavy (non-hydrogen) atoms. The van der Waals surface area contributed by atoms with Crippen molar-refractivity contribution in [2.45, 2.75) is 37.1 Å². The number of benzene rings is 1. The minimum absolute atomic E-state index is 0.0458. The molecule has 1 aromatic rings. The molecule has 0 unspecified atom stereocenters. The zero-order valence-corrected chi connectivity index (χ0v) is 11.7. The number of carbonyl (C=O) groups is 1. The molecule has 1 aliphatic rings. The second kappa shape index (κ2) is 6.34. The lowest BCUT2D eigenvalue weighted by Crippen LogP contribution is -2.38. The summed E-state index contributed by atoms with van der Waals surface area (Å²) in [6.07, 6.45) is 2.62. The highest BCUT2D eigenvalue weighted by Crippen LogP contribution is 2.25. The fourth-order valence-corrected chi connectivity index (χ4v) is 2.60. The van der Waals surface area contributed by atoms with E-state index in [9.17, 15) is 23.7 Å². The summed E-state index contributed by atoms with van der Waals surface area (Å²) in [4.78, 5) is 21.6. The Kier molecular flexibility index (Phi) is 4.72. The van der Waals surface area contributed by atoms with E-state index in [0.717, 1.165) is 0 Å². The quantitative estimate of drug-likeness (QED) is 0.528. The summed E-state index contributed by atoms with van der Waals surface area (Å²) in [6.45, 7) is 0. The lowest BCUT2D eigenvalue weighted by atomic mass is 9.94. The maximum Gasteiger partial charge on any atom is 0.305 e. The van der Waals surface area contributed by atoms with Gasteiger partial charge in [0.25, 0.3) is 5.91 Å². The molecule has 0 atom stereocenters. The second-order valence-corrected chi connectivity index (χ2v) is 5.55. The number of amides is 1. The van der Waals surface area contributed by atoms with Crippen molar-refractivity contribution in [3.05, 3.63) is 39.4 Å². The van der Waals surface area contributed by atoms with Gasteiger partial charge in [0.1, 0.15) is 11.4 Å². The van der Waals surface area contributed by atoms with E-state index < -0.39 is 33.7 Å². The minimum Gasteiger partial charge on any atom is -0.349 e. The van der Waals surface area contributed by atoms with Gasteiger partial charge in [0.15, 0.2) is 0 Å². The largest absolute Gasteiger partial charge is 0.349 e. The molecule has 1 saturated carbocycles. The number of nitro benzene ring substituents is 1. The van der Waals surface area contributed by atoms with Crippen LogP contribution >= 0.6 is 11.6 Å². The molecule has 1 amide bonds. The van der Waals surface area contributed by atoms with Crippen LogP contribution in [0.25, 0.3) is 0 Å². The number of hydrogen-bond donors (Lipinski definition) is 1. The molecule has 1 N–H and O–H groups in total. The van der Waals surface area contributed by atoms with E-state index >= 15 is 0 Å². The van der Waals surface area contributed by atoms with E-state index in [4.69, 9.17) is 11.6 Å². The number of rotatable bonds is 3. The molecule has 0 spiro atoms. The van der Waals surface area contributed by atoms with Gasteiger partial charge in [0.2, 0.25) is 5.82 Å². The molecule has 0 saturated heterocycles. The third kappa shape index (κ3) is 3.47. The van der Waals surface area contributed by atoms with Crippen LogP contribution < -0.4 is 5.32 Å². The highest BCUT2D eigenvalue weighted by Gasteiger charge is 2.28. The third-order valence-corrected chi connectivity index (χ3v) is 3.92. The highest BCUT2D eigenvalue weighted by molar-refractivity contribution is 6.20. The first-order valence-electron chi connectivity index (χ1n) is 6.47. The number of alkyl halides is 1. The molecule has 1 aliphatic carbocycles. The van der Waals surface area contributed by atoms with Crippen LogP contribution in [-0.2, 0) is 0 Å². The topological polar surface area (TPSA) is 72.2 Å². The SMILES string of the molecule is O=C(NC1CCC(Cl)CC1)c1c(F)ccc([N+](=O)[O-])c1F. The maximum absolute atomic E-state index is 13.9. The number of hydrogen-bond acceptors (Lipinski definition) is 3. The van der Waals surface area contributed by atoms with Gasteiger partial charge in [-0.3, -0.25) is 14.9 Å². The smallest absolute Gasteiger partial charge is 0.305 e. The first kappa shape index (κ1) is 15.6. The fourth-order valence-electron chi connectivity index (χ4n) is 2.35. The summed E-state index contributed by atoms with van der Waals surface area (Å²) in [5, 5.41) is 13.2. The van der Waals surface area contributed by atoms with E-state index in [1.54, 1.807) is 0 Å². The minimum atomic E-state index is -1.46. The predicted octanol–water partition coefficient (Wildman–Crippen LogP) is 3.15. The Morgan fingerprint density at radius 2 is 1.90 bits per heavy atom. The molecule has 0 aromatic heterocycles. The number of halogens is 3. The van der Waals surface area contributed by atoms with Crippen LogP contribution in [0.4, 0.5) is 14.5 Å². The van der Waals surface area contributed by atoms with Gasteiger partial charge in [-0.1, -0.05) is 0 Å². The van der Waals surface area contributed by atoms with Crippen molar-refractivity contribution in [3.8, 4) is 0 Å². The number of nitrogens with one attached hydrogen (secondary N) is 1. The molecular weight excluding hydrogens is 306 g/mol. The highest BCUT2D eigenvalue weighted by atomic mass is 35.5. The Bertz CT molecular complexity index is 575. The molecule has 0 bridgehead atoms. The number of nitro groups is 1. The average molecular weight is 319 g/mol. The van der Waals surface area contributed by atoms with Crippen molar-refractivity contribution in [3.63, 3.8) is 0 Å². The van der Waals surface area contributed by atoms with E-state index in [1.807, 2.05) is 0 Å². The van der Waals surface area contributed by atoms with Crippen LogP contribution in [0.2, 0.25) is 0 Å². The lowest BCUT2D eigenvalue weighted by Gasteiger charge is -2.25. The molecule has 8 heteroatoms. The van der Waals surface area contributed by atoms with Crippen LogP contribution in [0.1, 0.15) is 36.0 Å². The van der Waals surface area contributed by atoms with Crippen LogP contribution in [0, 0.1) is 21.7 Å². The zero-order chi connectivity index (χ0) is 15.6. The fraction of sp³-hybridized carbons (Fsp3) is 0.462. The van der Waals surface area contributed by atoms with Gasteiger partial charge < -0.3 is 5.32 Å². The molecule has 114 valence electrons. The van der Waals surface area contributed by atoms with Crippen LogP contribution in [0.5, 0.6) is 0 Å². The van der Waals surface area contributed by atoms with Gasteiger partial charge >= 0.3 is 5.69 Å². The van der Waals surface area contributed by atoms with E-state index in [1.165, 1.54) is 0 Å². The molecule has 0 heterocycles. The van der Waals surface area contributed by atoms with Crippen LogP contribution in [0.15, 0.2) is 12.1 Å². The maximum atomic E-state index is 13.9.